The summed E-state index contributed by atoms with van der Waals surface area (Å²) in [5.41, 5.74) is 1.19. The van der Waals surface area contributed by atoms with Crippen LogP contribution in [0.2, 0.25) is 0 Å². The maximum atomic E-state index is 14.4. The van der Waals surface area contributed by atoms with Gasteiger partial charge in [-0.2, -0.15) is 4.31 Å². The molecule has 0 radical (unpaired) electrons. The molecule has 26 heavy (non-hydrogen) atoms. The molecule has 3 aliphatic rings. The fourth-order valence-corrected chi connectivity index (χ4v) is 4.84. The van der Waals surface area contributed by atoms with Gasteiger partial charge in [-0.05, 0) is 54.6 Å². The topological polar surface area (TPSA) is 58.6 Å². The number of nitrogens with one attached hydrogen (secondary N) is 1. The highest BCUT2D eigenvalue weighted by Crippen LogP contribution is 2.48. The molecule has 2 unspecified atom stereocenters. The van der Waals surface area contributed by atoms with Crippen molar-refractivity contribution in [2.75, 3.05) is 39.0 Å². The van der Waals surface area contributed by atoms with Gasteiger partial charge in [-0.3, -0.25) is 0 Å². The Bertz CT molecular complexity index is 823. The highest BCUT2D eigenvalue weighted by atomic mass is 32.2. The first kappa shape index (κ1) is 17.9. The molecule has 3 atom stereocenters. The van der Waals surface area contributed by atoms with Gasteiger partial charge in [0.05, 0.1) is 12.9 Å². The van der Waals surface area contributed by atoms with E-state index in [-0.39, 0.29) is 12.3 Å². The summed E-state index contributed by atoms with van der Waals surface area (Å²) in [6, 6.07) is 2.55. The third-order valence-electron chi connectivity index (χ3n) is 5.70. The third kappa shape index (κ3) is 3.37. The molecular formula is C18H22F2N2O3S. The number of fused-ring (bicyclic) bond motifs is 1. The van der Waals surface area contributed by atoms with Crippen LogP contribution in [0, 0.1) is 29.4 Å². The van der Waals surface area contributed by atoms with E-state index in [9.17, 15) is 17.2 Å². The minimum atomic E-state index is -3.25. The number of nitrogens with zero attached hydrogens (tertiary/aromatic N) is 1. The van der Waals surface area contributed by atoms with Crippen LogP contribution in [0.25, 0.3) is 5.57 Å². The molecule has 5 nitrogen and oxygen atoms in total. The van der Waals surface area contributed by atoms with E-state index in [2.05, 4.69) is 5.32 Å². The summed E-state index contributed by atoms with van der Waals surface area (Å²) in [7, 11) is -3.25. The average Bonchev–Trinajstić information content (AvgIpc) is 3.01. The van der Waals surface area contributed by atoms with Crippen molar-refractivity contribution in [2.24, 2.45) is 17.8 Å². The molecule has 8 heteroatoms. The number of hydrogen-bond donors (Lipinski definition) is 1. The lowest BCUT2D eigenvalue weighted by molar-refractivity contribution is 0.255. The zero-order valence-electron chi connectivity index (χ0n) is 14.5. The largest absolute Gasteiger partial charge is 0.487 e. The summed E-state index contributed by atoms with van der Waals surface area (Å²) in [5, 5.41) is 3.28. The highest BCUT2D eigenvalue weighted by molar-refractivity contribution is 7.88. The van der Waals surface area contributed by atoms with Crippen LogP contribution in [0.4, 0.5) is 8.78 Å². The number of sulfonamides is 1. The average molecular weight is 384 g/mol. The lowest BCUT2D eigenvalue weighted by atomic mass is 10.00. The molecule has 1 aromatic rings. The van der Waals surface area contributed by atoms with E-state index in [1.54, 1.807) is 6.08 Å². The SMILES string of the molecule is CS(=O)(=O)N1CC=C(c2cc(F)c(OCC3C4CNC[C@H]43)c(F)c2)CC1. The third-order valence-corrected chi connectivity index (χ3v) is 6.97. The van der Waals surface area contributed by atoms with Crippen molar-refractivity contribution in [3.8, 4) is 5.75 Å². The van der Waals surface area contributed by atoms with Crippen LogP contribution >= 0.6 is 0 Å². The number of benzene rings is 1. The van der Waals surface area contributed by atoms with Gasteiger partial charge in [0.25, 0.3) is 0 Å². The Morgan fingerprint density at radius 3 is 2.42 bits per heavy atom. The van der Waals surface area contributed by atoms with Gasteiger partial charge in [0.2, 0.25) is 10.0 Å². The summed E-state index contributed by atoms with van der Waals surface area (Å²) in [6.07, 6.45) is 3.28. The molecule has 1 saturated heterocycles. The van der Waals surface area contributed by atoms with Crippen LogP contribution < -0.4 is 10.1 Å². The second-order valence-corrected chi connectivity index (χ2v) is 9.31. The van der Waals surface area contributed by atoms with Crippen molar-refractivity contribution in [3.05, 3.63) is 35.4 Å². The van der Waals surface area contributed by atoms with E-state index in [1.165, 1.54) is 16.4 Å². The van der Waals surface area contributed by atoms with Crippen molar-refractivity contribution in [1.29, 1.82) is 0 Å². The fraction of sp³-hybridized carbons (Fsp3) is 0.556. The van der Waals surface area contributed by atoms with Crippen LogP contribution in [0.3, 0.4) is 0 Å². The molecule has 0 spiro atoms. The zero-order chi connectivity index (χ0) is 18.5. The molecule has 2 fully saturated rings. The molecule has 0 amide bonds. The summed E-state index contributed by atoms with van der Waals surface area (Å²) in [5.74, 6) is -0.208. The molecule has 142 valence electrons. The molecule has 2 aliphatic heterocycles. The molecule has 1 aromatic carbocycles. The highest BCUT2D eigenvalue weighted by Gasteiger charge is 2.53. The smallest absolute Gasteiger partial charge is 0.211 e. The predicted octanol–water partition coefficient (Wildman–Crippen LogP) is 1.86. The first-order valence-corrected chi connectivity index (χ1v) is 10.7. The normalized spacial score (nSPS) is 28.6. The minimum absolute atomic E-state index is 0.216. The minimum Gasteiger partial charge on any atom is -0.487 e. The maximum Gasteiger partial charge on any atom is 0.211 e. The van der Waals surface area contributed by atoms with Gasteiger partial charge in [0.15, 0.2) is 17.4 Å². The van der Waals surface area contributed by atoms with Crippen LogP contribution in [-0.2, 0) is 10.0 Å². The first-order valence-electron chi connectivity index (χ1n) is 8.81. The van der Waals surface area contributed by atoms with E-state index < -0.39 is 21.7 Å². The van der Waals surface area contributed by atoms with Crippen LogP contribution in [-0.4, -0.2) is 51.8 Å². The lowest BCUT2D eigenvalue weighted by Gasteiger charge is -2.24. The number of rotatable bonds is 5. The van der Waals surface area contributed by atoms with E-state index in [4.69, 9.17) is 4.74 Å². The van der Waals surface area contributed by atoms with Gasteiger partial charge >= 0.3 is 0 Å². The van der Waals surface area contributed by atoms with Crippen molar-refractivity contribution < 1.29 is 21.9 Å². The second kappa shape index (κ2) is 6.58. The Kier molecular flexibility index (Phi) is 4.53. The fourth-order valence-electron chi connectivity index (χ4n) is 4.07. The molecule has 2 heterocycles. The van der Waals surface area contributed by atoms with Gasteiger partial charge < -0.3 is 10.1 Å². The number of hydrogen-bond acceptors (Lipinski definition) is 4. The van der Waals surface area contributed by atoms with Gasteiger partial charge in [-0.15, -0.1) is 0 Å². The molecular weight excluding hydrogens is 362 g/mol. The molecule has 4 rings (SSSR count). The van der Waals surface area contributed by atoms with E-state index >= 15 is 0 Å². The Labute approximate surface area is 152 Å². The molecule has 1 aliphatic carbocycles. The number of ether oxygens (including phenoxy) is 1. The summed E-state index contributed by atoms with van der Waals surface area (Å²) < 4.78 is 58.6. The maximum absolute atomic E-state index is 14.4. The standard InChI is InChI=1S/C18H22F2N2O3S/c1-26(23,24)22-4-2-11(3-5-22)12-6-16(19)18(17(20)7-12)25-10-15-13-8-21-9-14(13)15/h2,6-7,13-15,21H,3-5,8-10H2,1H3/t13-,14?,15?/m1/s1. The summed E-state index contributed by atoms with van der Waals surface area (Å²) in [6.45, 7) is 2.79. The summed E-state index contributed by atoms with van der Waals surface area (Å²) in [4.78, 5) is 0. The van der Waals surface area contributed by atoms with Crippen LogP contribution in [0.5, 0.6) is 5.75 Å². The van der Waals surface area contributed by atoms with Gasteiger partial charge in [-0.25, -0.2) is 17.2 Å². The Morgan fingerprint density at radius 1 is 1.23 bits per heavy atom. The van der Waals surface area contributed by atoms with Crippen molar-refractivity contribution in [1.82, 2.24) is 9.62 Å². The van der Waals surface area contributed by atoms with E-state index in [0.717, 1.165) is 24.9 Å². The van der Waals surface area contributed by atoms with Crippen molar-refractivity contribution in [2.45, 2.75) is 6.42 Å². The second-order valence-electron chi connectivity index (χ2n) is 7.33. The molecule has 0 bridgehead atoms. The molecule has 1 N–H and O–H groups in total. The molecule has 0 aromatic heterocycles. The quantitative estimate of drug-likeness (QED) is 0.842. The zero-order valence-corrected chi connectivity index (χ0v) is 15.4. The number of piperidine rings is 1. The summed E-state index contributed by atoms with van der Waals surface area (Å²) >= 11 is 0. The first-order chi connectivity index (χ1) is 12.3. The Hall–Kier alpha value is -1.51. The Morgan fingerprint density at radius 2 is 1.88 bits per heavy atom. The van der Waals surface area contributed by atoms with Gasteiger partial charge in [-0.1, -0.05) is 6.08 Å². The van der Waals surface area contributed by atoms with Gasteiger partial charge in [0, 0.05) is 19.0 Å². The van der Waals surface area contributed by atoms with Crippen molar-refractivity contribution >= 4 is 15.6 Å². The Balaban J connectivity index is 1.45. The number of halogens is 2. The van der Waals surface area contributed by atoms with Crippen LogP contribution in [0.1, 0.15) is 12.0 Å². The lowest BCUT2D eigenvalue weighted by Crippen LogP contribution is -2.33. The van der Waals surface area contributed by atoms with Crippen LogP contribution in [0.15, 0.2) is 18.2 Å². The van der Waals surface area contributed by atoms with E-state index in [0.29, 0.717) is 42.9 Å². The van der Waals surface area contributed by atoms with E-state index in [1.807, 2.05) is 0 Å². The van der Waals surface area contributed by atoms with Gasteiger partial charge in [0.1, 0.15) is 0 Å². The molecule has 1 saturated carbocycles. The monoisotopic (exact) mass is 384 g/mol. The van der Waals surface area contributed by atoms with Crippen molar-refractivity contribution in [3.63, 3.8) is 0 Å². The predicted molar refractivity (Wildman–Crippen MR) is 94.2 cm³/mol.